The van der Waals surface area contributed by atoms with Crippen molar-refractivity contribution in [2.75, 3.05) is 26.0 Å². The normalized spacial score (nSPS) is 10.4. The average molecular weight is 428 g/mol. The molecule has 160 valence electrons. The summed E-state index contributed by atoms with van der Waals surface area (Å²) < 4.78 is 5.66. The Balaban J connectivity index is 1.84. The summed E-state index contributed by atoms with van der Waals surface area (Å²) in [7, 11) is 3.46. The van der Waals surface area contributed by atoms with Gasteiger partial charge in [0.1, 0.15) is 5.75 Å². The van der Waals surface area contributed by atoms with E-state index in [-0.39, 0.29) is 16.9 Å². The molecule has 0 heterocycles. The number of thiocarbonyl (C=S) groups is 1. The van der Waals surface area contributed by atoms with Crippen LogP contribution in [0.4, 0.5) is 5.69 Å². The van der Waals surface area contributed by atoms with Crippen LogP contribution < -0.4 is 15.4 Å². The lowest BCUT2D eigenvalue weighted by Gasteiger charge is -2.12. The molecular formula is C23H29N3O3S. The lowest BCUT2D eigenvalue weighted by Crippen LogP contribution is -2.34. The summed E-state index contributed by atoms with van der Waals surface area (Å²) in [6.07, 6.45) is 1.32. The molecule has 7 heteroatoms. The van der Waals surface area contributed by atoms with E-state index in [1.54, 1.807) is 43.3 Å². The molecule has 2 aromatic rings. The van der Waals surface area contributed by atoms with Crippen LogP contribution in [-0.4, -0.2) is 42.5 Å². The third kappa shape index (κ3) is 7.83. The minimum atomic E-state index is -0.297. The number of hydrogen-bond donors (Lipinski definition) is 2. The number of nitrogens with one attached hydrogen (secondary N) is 2. The Morgan fingerprint density at radius 2 is 1.67 bits per heavy atom. The maximum atomic E-state index is 12.4. The number of hydrogen-bond acceptors (Lipinski definition) is 4. The van der Waals surface area contributed by atoms with Crippen LogP contribution in [0.5, 0.6) is 5.75 Å². The van der Waals surface area contributed by atoms with Gasteiger partial charge in [0.05, 0.1) is 13.0 Å². The minimum absolute atomic E-state index is 0.0369. The number of nitrogens with zero attached hydrogens (tertiary/aromatic N) is 1. The Labute approximate surface area is 183 Å². The lowest BCUT2D eigenvalue weighted by atomic mass is 10.1. The highest BCUT2D eigenvalue weighted by atomic mass is 32.1. The Morgan fingerprint density at radius 3 is 2.23 bits per heavy atom. The van der Waals surface area contributed by atoms with E-state index in [0.717, 1.165) is 23.4 Å². The monoisotopic (exact) mass is 427 g/mol. The third-order valence-electron chi connectivity index (χ3n) is 4.37. The average Bonchev–Trinajstić information content (AvgIpc) is 2.69. The smallest absolute Gasteiger partial charge is 0.257 e. The SMILES string of the molecule is CC(C)CCOc1ccc(C(=O)NC(=S)Nc2ccc(CC(=O)N(C)C)cc2)cc1. The molecule has 2 aromatic carbocycles. The van der Waals surface area contributed by atoms with E-state index in [1.165, 1.54) is 0 Å². The topological polar surface area (TPSA) is 70.7 Å². The van der Waals surface area contributed by atoms with Crippen LogP contribution in [0.1, 0.15) is 36.2 Å². The van der Waals surface area contributed by atoms with E-state index in [0.29, 0.717) is 24.5 Å². The first-order valence-corrected chi connectivity index (χ1v) is 10.3. The number of anilines is 1. The first kappa shape index (κ1) is 23.3. The number of benzene rings is 2. The van der Waals surface area contributed by atoms with Crippen LogP contribution >= 0.6 is 12.2 Å². The summed E-state index contributed by atoms with van der Waals surface area (Å²) >= 11 is 5.23. The molecule has 2 rings (SSSR count). The number of rotatable bonds is 8. The third-order valence-corrected chi connectivity index (χ3v) is 4.58. The molecule has 30 heavy (non-hydrogen) atoms. The molecule has 0 saturated carbocycles. The highest BCUT2D eigenvalue weighted by Crippen LogP contribution is 2.14. The molecule has 0 aliphatic carbocycles. The molecule has 2 N–H and O–H groups in total. The van der Waals surface area contributed by atoms with Gasteiger partial charge in [0.25, 0.3) is 5.91 Å². The highest BCUT2D eigenvalue weighted by molar-refractivity contribution is 7.80. The Morgan fingerprint density at radius 1 is 1.03 bits per heavy atom. The van der Waals surface area contributed by atoms with Gasteiger partial charge in [0, 0.05) is 25.3 Å². The molecule has 0 aliphatic rings. The number of ether oxygens (including phenoxy) is 1. The second-order valence-corrected chi connectivity index (χ2v) is 8.03. The van der Waals surface area contributed by atoms with Gasteiger partial charge >= 0.3 is 0 Å². The van der Waals surface area contributed by atoms with Crippen LogP contribution in [0.25, 0.3) is 0 Å². The van der Waals surface area contributed by atoms with Gasteiger partial charge in [0.15, 0.2) is 5.11 Å². The van der Waals surface area contributed by atoms with Gasteiger partial charge in [-0.2, -0.15) is 0 Å². The molecule has 0 bridgehead atoms. The maximum Gasteiger partial charge on any atom is 0.257 e. The number of carbonyl (C=O) groups excluding carboxylic acids is 2. The van der Waals surface area contributed by atoms with Gasteiger partial charge in [-0.1, -0.05) is 26.0 Å². The van der Waals surface area contributed by atoms with Gasteiger partial charge in [-0.05, 0) is 66.5 Å². The van der Waals surface area contributed by atoms with Crippen molar-refractivity contribution in [2.24, 2.45) is 5.92 Å². The summed E-state index contributed by atoms with van der Waals surface area (Å²) in [6.45, 7) is 4.95. The summed E-state index contributed by atoms with van der Waals surface area (Å²) in [5, 5.41) is 5.84. The van der Waals surface area contributed by atoms with Crippen molar-refractivity contribution in [1.29, 1.82) is 0 Å². The molecule has 0 unspecified atom stereocenters. The van der Waals surface area contributed by atoms with Crippen molar-refractivity contribution in [2.45, 2.75) is 26.7 Å². The molecule has 2 amide bonds. The van der Waals surface area contributed by atoms with Crippen molar-refractivity contribution in [3.63, 3.8) is 0 Å². The molecule has 0 atom stereocenters. The predicted octanol–water partition coefficient (Wildman–Crippen LogP) is 3.87. The van der Waals surface area contributed by atoms with E-state index in [4.69, 9.17) is 17.0 Å². The van der Waals surface area contributed by atoms with Crippen LogP contribution in [0.2, 0.25) is 0 Å². The molecule has 0 radical (unpaired) electrons. The molecule has 0 saturated heterocycles. The van der Waals surface area contributed by atoms with Crippen LogP contribution in [0.3, 0.4) is 0 Å². The van der Waals surface area contributed by atoms with E-state index >= 15 is 0 Å². The van der Waals surface area contributed by atoms with Crippen LogP contribution in [-0.2, 0) is 11.2 Å². The fraction of sp³-hybridized carbons (Fsp3) is 0.348. The fourth-order valence-corrected chi connectivity index (χ4v) is 2.70. The maximum absolute atomic E-state index is 12.4. The van der Waals surface area contributed by atoms with Crippen LogP contribution in [0, 0.1) is 5.92 Å². The van der Waals surface area contributed by atoms with E-state index in [2.05, 4.69) is 24.5 Å². The molecule has 0 aliphatic heterocycles. The minimum Gasteiger partial charge on any atom is -0.494 e. The number of amides is 2. The van der Waals surface area contributed by atoms with Crippen molar-refractivity contribution in [3.05, 3.63) is 59.7 Å². The Kier molecular flexibility index (Phi) is 8.80. The standard InChI is InChI=1S/C23H29N3O3S/c1-16(2)13-14-29-20-11-7-18(8-12-20)22(28)25-23(30)24-19-9-5-17(6-10-19)15-21(27)26(3)4/h5-12,16H,13-15H2,1-4H3,(H2,24,25,28,30). The zero-order valence-electron chi connectivity index (χ0n) is 17.9. The molecule has 0 fully saturated rings. The largest absolute Gasteiger partial charge is 0.494 e. The van der Waals surface area contributed by atoms with Gasteiger partial charge < -0.3 is 15.0 Å². The first-order valence-electron chi connectivity index (χ1n) is 9.89. The van der Waals surface area contributed by atoms with E-state index < -0.39 is 0 Å². The second kappa shape index (κ2) is 11.3. The molecule has 0 spiro atoms. The van der Waals surface area contributed by atoms with Crippen LogP contribution in [0.15, 0.2) is 48.5 Å². The fourth-order valence-electron chi connectivity index (χ4n) is 2.49. The van der Waals surface area contributed by atoms with Gasteiger partial charge in [-0.3, -0.25) is 14.9 Å². The molecular weight excluding hydrogens is 398 g/mol. The Bertz CT molecular complexity index is 862. The molecule has 6 nitrogen and oxygen atoms in total. The quantitative estimate of drug-likeness (QED) is 0.626. The van der Waals surface area contributed by atoms with Crippen molar-refractivity contribution in [1.82, 2.24) is 10.2 Å². The lowest BCUT2D eigenvalue weighted by molar-refractivity contribution is -0.127. The zero-order chi connectivity index (χ0) is 22.1. The van der Waals surface area contributed by atoms with Gasteiger partial charge in [0.2, 0.25) is 5.91 Å². The van der Waals surface area contributed by atoms with Crippen molar-refractivity contribution in [3.8, 4) is 5.75 Å². The molecule has 0 aromatic heterocycles. The summed E-state index contributed by atoms with van der Waals surface area (Å²) in [5.74, 6) is 1.06. The van der Waals surface area contributed by atoms with Gasteiger partial charge in [-0.15, -0.1) is 0 Å². The van der Waals surface area contributed by atoms with E-state index in [1.807, 2.05) is 24.3 Å². The zero-order valence-corrected chi connectivity index (χ0v) is 18.7. The van der Waals surface area contributed by atoms with Crippen molar-refractivity contribution < 1.29 is 14.3 Å². The Hall–Kier alpha value is -2.93. The van der Waals surface area contributed by atoms with Crippen molar-refractivity contribution >= 4 is 34.8 Å². The first-order chi connectivity index (χ1) is 14.2. The number of carbonyl (C=O) groups is 2. The predicted molar refractivity (Wildman–Crippen MR) is 124 cm³/mol. The second-order valence-electron chi connectivity index (χ2n) is 7.63. The summed E-state index contributed by atoms with van der Waals surface area (Å²) in [5.41, 5.74) is 2.13. The highest BCUT2D eigenvalue weighted by Gasteiger charge is 2.09. The summed E-state index contributed by atoms with van der Waals surface area (Å²) in [6, 6.07) is 14.3. The summed E-state index contributed by atoms with van der Waals surface area (Å²) in [4.78, 5) is 25.7. The number of likely N-dealkylation sites (N-methyl/N-ethyl adjacent to an activating group) is 1. The van der Waals surface area contributed by atoms with E-state index in [9.17, 15) is 9.59 Å². The van der Waals surface area contributed by atoms with Gasteiger partial charge in [-0.25, -0.2) is 0 Å².